The van der Waals surface area contributed by atoms with Gasteiger partial charge in [-0.1, -0.05) is 20.8 Å². The molecule has 0 aromatic carbocycles. The van der Waals surface area contributed by atoms with E-state index in [1.165, 1.54) is 0 Å². The Hall–Kier alpha value is -1.30. The summed E-state index contributed by atoms with van der Waals surface area (Å²) in [4.78, 5) is 3.50. The van der Waals surface area contributed by atoms with Gasteiger partial charge < -0.3 is 4.85 Å². The van der Waals surface area contributed by atoms with Crippen LogP contribution >= 0.6 is 0 Å². The number of aromatic nitrogens is 2. The number of nitrogens with zero attached hydrogens (tertiary/aromatic N) is 2. The van der Waals surface area contributed by atoms with E-state index in [4.69, 9.17) is 6.57 Å². The molecule has 0 saturated heterocycles. The van der Waals surface area contributed by atoms with Crippen LogP contribution in [0.2, 0.25) is 0 Å². The lowest BCUT2D eigenvalue weighted by Gasteiger charge is -2.17. The second-order valence-corrected chi connectivity index (χ2v) is 4.26. The van der Waals surface area contributed by atoms with Gasteiger partial charge in [0.1, 0.15) is 0 Å². The number of rotatable bonds is 1. The van der Waals surface area contributed by atoms with Crippen LogP contribution in [0.1, 0.15) is 45.0 Å². The highest BCUT2D eigenvalue weighted by Crippen LogP contribution is 2.28. The number of H-pyrrole nitrogens is 1. The highest BCUT2D eigenvalue weighted by molar-refractivity contribution is 5.27. The van der Waals surface area contributed by atoms with E-state index in [0.29, 0.717) is 0 Å². The minimum atomic E-state index is -0.104. The zero-order chi connectivity index (χ0) is 10.1. The second-order valence-electron chi connectivity index (χ2n) is 4.26. The number of nitrogens with one attached hydrogen (secondary N) is 1. The first-order valence-corrected chi connectivity index (χ1v) is 4.37. The van der Waals surface area contributed by atoms with Crippen molar-refractivity contribution in [1.29, 1.82) is 0 Å². The van der Waals surface area contributed by atoms with Crippen molar-refractivity contribution in [2.75, 3.05) is 0 Å². The van der Waals surface area contributed by atoms with E-state index in [0.717, 1.165) is 11.3 Å². The van der Waals surface area contributed by atoms with E-state index in [1.807, 2.05) is 6.92 Å². The van der Waals surface area contributed by atoms with Gasteiger partial charge in [-0.05, 0) is 0 Å². The summed E-state index contributed by atoms with van der Waals surface area (Å²) in [5.41, 5.74) is 2.11. The third kappa shape index (κ3) is 1.89. The predicted molar refractivity (Wildman–Crippen MR) is 52.3 cm³/mol. The summed E-state index contributed by atoms with van der Waals surface area (Å²) in [5, 5.41) is 6.96. The van der Waals surface area contributed by atoms with Crippen molar-refractivity contribution >= 4 is 0 Å². The van der Waals surface area contributed by atoms with Crippen LogP contribution in [0.5, 0.6) is 0 Å². The van der Waals surface area contributed by atoms with Gasteiger partial charge in [0, 0.05) is 12.3 Å². The fourth-order valence-electron chi connectivity index (χ4n) is 1.28. The molecule has 13 heavy (non-hydrogen) atoms. The van der Waals surface area contributed by atoms with Gasteiger partial charge in [0.25, 0.3) is 0 Å². The van der Waals surface area contributed by atoms with Crippen LogP contribution in [0.3, 0.4) is 0 Å². The molecule has 1 rings (SSSR count). The molecule has 0 radical (unpaired) electrons. The molecule has 0 bridgehead atoms. The monoisotopic (exact) mass is 177 g/mol. The molecule has 1 aromatic rings. The zero-order valence-corrected chi connectivity index (χ0v) is 8.55. The molecule has 1 heterocycles. The summed E-state index contributed by atoms with van der Waals surface area (Å²) >= 11 is 0. The first-order valence-electron chi connectivity index (χ1n) is 4.37. The van der Waals surface area contributed by atoms with E-state index in [9.17, 15) is 0 Å². The van der Waals surface area contributed by atoms with E-state index in [2.05, 4.69) is 35.8 Å². The molecular weight excluding hydrogens is 162 g/mol. The van der Waals surface area contributed by atoms with Gasteiger partial charge in [-0.3, -0.25) is 5.10 Å². The standard InChI is InChI=1S/C10H15N3/c1-7(11-5)8-6-12-13-9(8)10(2,3)4/h6-7H,1-4H3,(H,12,13). The molecule has 1 N–H and O–H groups in total. The first-order chi connectivity index (χ1) is 5.96. The van der Waals surface area contributed by atoms with E-state index in [-0.39, 0.29) is 11.5 Å². The molecule has 0 aliphatic carbocycles. The van der Waals surface area contributed by atoms with Gasteiger partial charge in [0.05, 0.1) is 17.5 Å². The van der Waals surface area contributed by atoms with Gasteiger partial charge in [0.15, 0.2) is 0 Å². The molecule has 0 fully saturated rings. The van der Waals surface area contributed by atoms with Crippen molar-refractivity contribution in [1.82, 2.24) is 10.2 Å². The summed E-state index contributed by atoms with van der Waals surface area (Å²) in [5.74, 6) is 0. The Bertz CT molecular complexity index is 325. The molecule has 0 saturated carbocycles. The predicted octanol–water partition coefficient (Wildman–Crippen LogP) is 2.69. The van der Waals surface area contributed by atoms with Crippen molar-refractivity contribution in [2.24, 2.45) is 0 Å². The number of aromatic amines is 1. The van der Waals surface area contributed by atoms with Crippen molar-refractivity contribution in [3.8, 4) is 0 Å². The largest absolute Gasteiger partial charge is 0.309 e. The smallest absolute Gasteiger partial charge is 0.249 e. The third-order valence-electron chi connectivity index (χ3n) is 2.06. The van der Waals surface area contributed by atoms with Crippen molar-refractivity contribution in [2.45, 2.75) is 39.2 Å². The Balaban J connectivity index is 3.12. The molecule has 0 aliphatic heterocycles. The Morgan fingerprint density at radius 3 is 2.62 bits per heavy atom. The second kappa shape index (κ2) is 3.21. The van der Waals surface area contributed by atoms with Crippen molar-refractivity contribution < 1.29 is 0 Å². The highest BCUT2D eigenvalue weighted by atomic mass is 15.1. The number of hydrogen-bond donors (Lipinski definition) is 1. The summed E-state index contributed by atoms with van der Waals surface area (Å²) in [6.07, 6.45) is 1.75. The molecule has 70 valence electrons. The minimum absolute atomic E-state index is 0.0325. The van der Waals surface area contributed by atoms with Gasteiger partial charge in [-0.25, -0.2) is 6.57 Å². The molecule has 0 aliphatic rings. The third-order valence-corrected chi connectivity index (χ3v) is 2.06. The summed E-state index contributed by atoms with van der Waals surface area (Å²) in [7, 11) is 0. The van der Waals surface area contributed by atoms with Gasteiger partial charge in [-0.2, -0.15) is 5.10 Å². The molecular formula is C10H15N3. The van der Waals surface area contributed by atoms with Gasteiger partial charge in [-0.15, -0.1) is 0 Å². The zero-order valence-electron chi connectivity index (χ0n) is 8.55. The molecule has 1 aromatic heterocycles. The quantitative estimate of drug-likeness (QED) is 0.657. The van der Waals surface area contributed by atoms with Crippen LogP contribution in [0.4, 0.5) is 0 Å². The lowest BCUT2D eigenvalue weighted by Crippen LogP contribution is -2.14. The molecule has 1 unspecified atom stereocenters. The average Bonchev–Trinajstić information content (AvgIpc) is 2.49. The van der Waals surface area contributed by atoms with Gasteiger partial charge >= 0.3 is 0 Å². The lowest BCUT2D eigenvalue weighted by molar-refractivity contribution is 0.558. The van der Waals surface area contributed by atoms with Crippen LogP contribution in [0.15, 0.2) is 6.20 Å². The SMILES string of the molecule is [C-]#[N+]C(C)c1cn[nH]c1C(C)(C)C. The van der Waals surface area contributed by atoms with Crippen LogP contribution in [-0.2, 0) is 5.41 Å². The van der Waals surface area contributed by atoms with Crippen LogP contribution < -0.4 is 0 Å². The Morgan fingerprint density at radius 2 is 2.15 bits per heavy atom. The molecule has 0 amide bonds. The molecule has 3 nitrogen and oxygen atoms in total. The number of hydrogen-bond acceptors (Lipinski definition) is 1. The normalized spacial score (nSPS) is 13.8. The Morgan fingerprint density at radius 1 is 1.54 bits per heavy atom. The maximum absolute atomic E-state index is 6.97. The van der Waals surface area contributed by atoms with E-state index >= 15 is 0 Å². The first kappa shape index (κ1) is 9.79. The van der Waals surface area contributed by atoms with Crippen LogP contribution in [0, 0.1) is 6.57 Å². The molecule has 3 heteroatoms. The van der Waals surface area contributed by atoms with Crippen LogP contribution in [0.25, 0.3) is 4.85 Å². The van der Waals surface area contributed by atoms with Crippen molar-refractivity contribution in [3.05, 3.63) is 28.9 Å². The maximum Gasteiger partial charge on any atom is 0.249 e. The minimum Gasteiger partial charge on any atom is -0.309 e. The highest BCUT2D eigenvalue weighted by Gasteiger charge is 2.25. The van der Waals surface area contributed by atoms with E-state index < -0.39 is 0 Å². The van der Waals surface area contributed by atoms with Crippen molar-refractivity contribution in [3.63, 3.8) is 0 Å². The summed E-state index contributed by atoms with van der Waals surface area (Å²) in [6, 6.07) is -0.104. The summed E-state index contributed by atoms with van der Waals surface area (Å²) in [6.45, 7) is 15.2. The van der Waals surface area contributed by atoms with E-state index in [1.54, 1.807) is 6.20 Å². The Labute approximate surface area is 79.0 Å². The average molecular weight is 177 g/mol. The fourth-order valence-corrected chi connectivity index (χ4v) is 1.28. The molecule has 1 atom stereocenters. The van der Waals surface area contributed by atoms with Gasteiger partial charge in [0.2, 0.25) is 6.04 Å². The Kier molecular flexibility index (Phi) is 2.42. The lowest BCUT2D eigenvalue weighted by atomic mass is 9.88. The van der Waals surface area contributed by atoms with Crippen LogP contribution in [-0.4, -0.2) is 10.2 Å². The summed E-state index contributed by atoms with van der Waals surface area (Å²) < 4.78 is 0. The molecule has 0 spiro atoms. The topological polar surface area (TPSA) is 33.0 Å². The fraction of sp³-hybridized carbons (Fsp3) is 0.600. The maximum atomic E-state index is 6.97.